The molecule has 0 N–H and O–H groups in total. The Kier molecular flexibility index (Phi) is 1.02. The summed E-state index contributed by atoms with van der Waals surface area (Å²) in [6.07, 6.45) is 5.45. The summed E-state index contributed by atoms with van der Waals surface area (Å²) < 4.78 is 0. The second-order valence-electron chi connectivity index (χ2n) is 1.24. The van der Waals surface area contributed by atoms with Crippen LogP contribution in [-0.4, -0.2) is 0 Å². The van der Waals surface area contributed by atoms with Crippen molar-refractivity contribution in [1.82, 2.24) is 0 Å². The fourth-order valence-corrected chi connectivity index (χ4v) is 0.397. The zero-order valence-corrected chi connectivity index (χ0v) is 4.13. The molecule has 1 aliphatic heterocycles. The molecule has 0 radical (unpaired) electrons. The Morgan fingerprint density at radius 1 is 1.71 bits per heavy atom. The van der Waals surface area contributed by atoms with E-state index in [0.717, 1.165) is 5.70 Å². The quantitative estimate of drug-likeness (QED) is 0.437. The minimum Gasteiger partial charge on any atom is -0.158 e. The molecule has 1 heterocycles. The molecule has 7 heavy (non-hydrogen) atoms. The molecule has 1 aliphatic rings. The third-order valence-electron chi connectivity index (χ3n) is 0.781. The molecule has 2 nitrogen and oxygen atoms in total. The molecule has 0 aromatic carbocycles. The zero-order chi connectivity index (χ0) is 5.11. The summed E-state index contributed by atoms with van der Waals surface area (Å²) in [6.45, 7) is 1.93. The van der Waals surface area contributed by atoms with Crippen molar-refractivity contribution in [3.63, 3.8) is 0 Å². The van der Waals surface area contributed by atoms with E-state index in [9.17, 15) is 0 Å². The topological polar surface area (TPSA) is 24.7 Å². The first-order valence-electron chi connectivity index (χ1n) is 2.17. The van der Waals surface area contributed by atoms with Gasteiger partial charge in [0.25, 0.3) is 0 Å². The average molecular weight is 94.1 g/mol. The molecule has 1 rings (SSSR count). The lowest BCUT2D eigenvalue weighted by atomic mass is 10.4. The van der Waals surface area contributed by atoms with Crippen LogP contribution in [0.1, 0.15) is 6.92 Å². The summed E-state index contributed by atoms with van der Waals surface area (Å²) in [5.41, 5.74) is 0.944. The van der Waals surface area contributed by atoms with Gasteiger partial charge in [0.05, 0.1) is 11.9 Å². The van der Waals surface area contributed by atoms with Gasteiger partial charge in [0, 0.05) is 0 Å². The van der Waals surface area contributed by atoms with E-state index in [0.29, 0.717) is 0 Å². The first kappa shape index (κ1) is 4.24. The van der Waals surface area contributed by atoms with Crippen LogP contribution in [0.15, 0.2) is 34.3 Å². The van der Waals surface area contributed by atoms with Crippen LogP contribution in [0, 0.1) is 0 Å². The summed E-state index contributed by atoms with van der Waals surface area (Å²) in [5, 5.41) is 7.34. The number of nitrogens with zero attached hydrogens (tertiary/aromatic N) is 2. The first-order valence-corrected chi connectivity index (χ1v) is 2.17. The lowest BCUT2D eigenvalue weighted by Crippen LogP contribution is -1.57. The third-order valence-corrected chi connectivity index (χ3v) is 0.781. The minimum absolute atomic E-state index is 0.944. The van der Waals surface area contributed by atoms with Crippen molar-refractivity contribution in [3.8, 4) is 0 Å². The monoisotopic (exact) mass is 94.1 g/mol. The van der Waals surface area contributed by atoms with Gasteiger partial charge < -0.3 is 0 Å². The third kappa shape index (κ3) is 0.738. The molecule has 36 valence electrons. The highest BCUT2D eigenvalue weighted by Crippen LogP contribution is 2.05. The maximum absolute atomic E-state index is 3.73. The van der Waals surface area contributed by atoms with E-state index in [2.05, 4.69) is 10.2 Å². The zero-order valence-electron chi connectivity index (χ0n) is 4.13. The van der Waals surface area contributed by atoms with Crippen molar-refractivity contribution in [2.45, 2.75) is 6.92 Å². The predicted molar refractivity (Wildman–Crippen MR) is 27.8 cm³/mol. The van der Waals surface area contributed by atoms with Gasteiger partial charge in [-0.3, -0.25) is 0 Å². The summed E-state index contributed by atoms with van der Waals surface area (Å²) >= 11 is 0. The number of hydrogen-bond acceptors (Lipinski definition) is 2. The molecule has 0 unspecified atom stereocenters. The highest BCUT2D eigenvalue weighted by atomic mass is 15.1. The fourth-order valence-electron chi connectivity index (χ4n) is 0.397. The van der Waals surface area contributed by atoms with Crippen LogP contribution in [0.3, 0.4) is 0 Å². The summed E-state index contributed by atoms with van der Waals surface area (Å²) in [7, 11) is 0. The van der Waals surface area contributed by atoms with Gasteiger partial charge in [-0.15, -0.1) is 0 Å². The van der Waals surface area contributed by atoms with Gasteiger partial charge >= 0.3 is 0 Å². The normalized spacial score (nSPS) is 22.1. The molecule has 0 aromatic rings. The van der Waals surface area contributed by atoms with Crippen molar-refractivity contribution in [1.29, 1.82) is 0 Å². The Hall–Kier alpha value is -0.920. The van der Waals surface area contributed by atoms with Gasteiger partial charge in [0.1, 0.15) is 0 Å². The smallest absolute Gasteiger partial charge is 0.0830 e. The highest BCUT2D eigenvalue weighted by Gasteiger charge is 1.87. The Morgan fingerprint density at radius 3 is 2.86 bits per heavy atom. The maximum atomic E-state index is 3.73. The highest BCUT2D eigenvalue weighted by molar-refractivity contribution is 5.18. The Balaban J connectivity index is 2.79. The second kappa shape index (κ2) is 1.69. The van der Waals surface area contributed by atoms with Gasteiger partial charge in [-0.1, -0.05) is 6.08 Å². The van der Waals surface area contributed by atoms with Crippen LogP contribution < -0.4 is 0 Å². The Morgan fingerprint density at radius 2 is 2.57 bits per heavy atom. The van der Waals surface area contributed by atoms with Crippen molar-refractivity contribution in [2.24, 2.45) is 10.2 Å². The summed E-state index contributed by atoms with van der Waals surface area (Å²) in [6, 6.07) is 0. The van der Waals surface area contributed by atoms with Crippen molar-refractivity contribution >= 4 is 0 Å². The van der Waals surface area contributed by atoms with Gasteiger partial charge in [0.2, 0.25) is 0 Å². The number of allylic oxidation sites excluding steroid dienone is 2. The average Bonchev–Trinajstić information content (AvgIpc) is 2.14. The fraction of sp³-hybridized carbons (Fsp3) is 0.200. The number of rotatable bonds is 0. The lowest BCUT2D eigenvalue weighted by molar-refractivity contribution is 1.23. The Bertz CT molecular complexity index is 128. The Labute approximate surface area is 42.3 Å². The van der Waals surface area contributed by atoms with Gasteiger partial charge in [-0.2, -0.15) is 10.2 Å². The second-order valence-corrected chi connectivity index (χ2v) is 1.24. The molecular formula is C5H6N2. The molecule has 0 aliphatic carbocycles. The predicted octanol–water partition coefficient (Wildman–Crippen LogP) is 1.87. The van der Waals surface area contributed by atoms with Gasteiger partial charge in [-0.25, -0.2) is 0 Å². The molecule has 0 bridgehead atoms. The van der Waals surface area contributed by atoms with Crippen LogP contribution in [0.5, 0.6) is 0 Å². The largest absolute Gasteiger partial charge is 0.158 e. The van der Waals surface area contributed by atoms with E-state index in [4.69, 9.17) is 0 Å². The van der Waals surface area contributed by atoms with Crippen LogP contribution in [-0.2, 0) is 0 Å². The molecule has 2 heteroatoms. The van der Waals surface area contributed by atoms with Gasteiger partial charge in [0.15, 0.2) is 0 Å². The molecule has 0 atom stereocenters. The van der Waals surface area contributed by atoms with E-state index in [-0.39, 0.29) is 0 Å². The van der Waals surface area contributed by atoms with E-state index in [1.807, 2.05) is 19.1 Å². The van der Waals surface area contributed by atoms with E-state index < -0.39 is 0 Å². The van der Waals surface area contributed by atoms with Crippen molar-refractivity contribution in [3.05, 3.63) is 24.0 Å². The number of hydrogen-bond donors (Lipinski definition) is 0. The summed E-state index contributed by atoms with van der Waals surface area (Å²) in [4.78, 5) is 0. The van der Waals surface area contributed by atoms with E-state index in [1.54, 1.807) is 6.20 Å². The van der Waals surface area contributed by atoms with Crippen LogP contribution in [0.25, 0.3) is 0 Å². The molecule has 0 saturated heterocycles. The molecule has 0 fully saturated rings. The SMILES string of the molecule is CC=C1C=CN=N1. The molecule has 0 saturated carbocycles. The van der Waals surface area contributed by atoms with Gasteiger partial charge in [-0.05, 0) is 13.0 Å². The van der Waals surface area contributed by atoms with Crippen LogP contribution in [0.4, 0.5) is 0 Å². The lowest BCUT2D eigenvalue weighted by Gasteiger charge is -1.74. The standard InChI is InChI=1S/C5H6N2/c1-2-5-3-4-6-7-5/h2-4H,1H3. The minimum atomic E-state index is 0.944. The molecule has 0 amide bonds. The number of azo groups is 1. The summed E-state index contributed by atoms with van der Waals surface area (Å²) in [5.74, 6) is 0. The van der Waals surface area contributed by atoms with Crippen molar-refractivity contribution in [2.75, 3.05) is 0 Å². The molecular weight excluding hydrogens is 88.1 g/mol. The van der Waals surface area contributed by atoms with Crippen LogP contribution >= 0.6 is 0 Å². The van der Waals surface area contributed by atoms with Crippen LogP contribution in [0.2, 0.25) is 0 Å². The van der Waals surface area contributed by atoms with Crippen molar-refractivity contribution < 1.29 is 0 Å². The van der Waals surface area contributed by atoms with E-state index in [1.165, 1.54) is 0 Å². The van der Waals surface area contributed by atoms with E-state index >= 15 is 0 Å². The molecule has 0 aromatic heterocycles. The maximum Gasteiger partial charge on any atom is 0.0830 e. The molecule has 0 spiro atoms. The first-order chi connectivity index (χ1) is 3.43.